The molecule has 1 saturated heterocycles. The Bertz CT molecular complexity index is 663. The Kier molecular flexibility index (Phi) is 4.81. The van der Waals surface area contributed by atoms with Crippen LogP contribution in [0.4, 0.5) is 6.01 Å². The average Bonchev–Trinajstić information content (AvgIpc) is 3.06. The minimum Gasteiger partial charge on any atom is -0.408 e. The lowest BCUT2D eigenvalue weighted by Crippen LogP contribution is -2.49. The molecule has 0 unspecified atom stereocenters. The first-order valence-electron chi connectivity index (χ1n) is 7.75. The van der Waals surface area contributed by atoms with E-state index >= 15 is 0 Å². The quantitative estimate of drug-likeness (QED) is 0.857. The fourth-order valence-corrected chi connectivity index (χ4v) is 2.68. The summed E-state index contributed by atoms with van der Waals surface area (Å²) in [5.74, 6) is 0.771. The maximum Gasteiger partial charge on any atom is 0.318 e. The molecule has 0 saturated carbocycles. The SMILES string of the molecule is CCc1nnc(N2CCN(C(=O)Cc3ccc(Cl)cc3)CC2)o1. The zero-order valence-corrected chi connectivity index (χ0v) is 13.8. The van der Waals surface area contributed by atoms with Crippen LogP contribution in [-0.4, -0.2) is 47.2 Å². The van der Waals surface area contributed by atoms with E-state index in [0.29, 0.717) is 49.5 Å². The summed E-state index contributed by atoms with van der Waals surface area (Å²) in [6.07, 6.45) is 1.13. The second-order valence-corrected chi connectivity index (χ2v) is 5.94. The van der Waals surface area contributed by atoms with Crippen molar-refractivity contribution in [3.05, 3.63) is 40.7 Å². The van der Waals surface area contributed by atoms with Gasteiger partial charge in [-0.3, -0.25) is 4.79 Å². The van der Waals surface area contributed by atoms with Gasteiger partial charge >= 0.3 is 6.01 Å². The second kappa shape index (κ2) is 7.00. The maximum absolute atomic E-state index is 12.4. The van der Waals surface area contributed by atoms with Crippen LogP contribution in [0.2, 0.25) is 5.02 Å². The molecule has 2 heterocycles. The smallest absolute Gasteiger partial charge is 0.318 e. The van der Waals surface area contributed by atoms with Crippen LogP contribution in [-0.2, 0) is 17.6 Å². The van der Waals surface area contributed by atoms with E-state index in [1.807, 2.05) is 41.0 Å². The third kappa shape index (κ3) is 3.82. The molecule has 23 heavy (non-hydrogen) atoms. The predicted octanol–water partition coefficient (Wildman–Crippen LogP) is 2.18. The molecule has 0 N–H and O–H groups in total. The summed E-state index contributed by atoms with van der Waals surface area (Å²) in [7, 11) is 0. The van der Waals surface area contributed by atoms with Gasteiger partial charge in [0, 0.05) is 37.6 Å². The van der Waals surface area contributed by atoms with Gasteiger partial charge in [-0.25, -0.2) is 0 Å². The number of aryl methyl sites for hydroxylation is 1. The van der Waals surface area contributed by atoms with Crippen LogP contribution in [0.15, 0.2) is 28.7 Å². The number of nitrogens with zero attached hydrogens (tertiary/aromatic N) is 4. The van der Waals surface area contributed by atoms with E-state index in [2.05, 4.69) is 10.2 Å². The zero-order chi connectivity index (χ0) is 16.2. The highest BCUT2D eigenvalue weighted by atomic mass is 35.5. The van der Waals surface area contributed by atoms with Gasteiger partial charge in [-0.05, 0) is 17.7 Å². The van der Waals surface area contributed by atoms with Gasteiger partial charge in [0.1, 0.15) is 0 Å². The van der Waals surface area contributed by atoms with Crippen molar-refractivity contribution >= 4 is 23.5 Å². The summed E-state index contributed by atoms with van der Waals surface area (Å²) < 4.78 is 5.56. The molecular weight excluding hydrogens is 316 g/mol. The van der Waals surface area contributed by atoms with Gasteiger partial charge in [-0.1, -0.05) is 35.8 Å². The summed E-state index contributed by atoms with van der Waals surface area (Å²) in [5.41, 5.74) is 0.978. The number of aromatic nitrogens is 2. The number of hydrogen-bond acceptors (Lipinski definition) is 5. The molecule has 0 spiro atoms. The van der Waals surface area contributed by atoms with Crippen LogP contribution in [0.5, 0.6) is 0 Å². The van der Waals surface area contributed by atoms with E-state index < -0.39 is 0 Å². The van der Waals surface area contributed by atoms with Gasteiger partial charge in [0.15, 0.2) is 0 Å². The minimum absolute atomic E-state index is 0.131. The van der Waals surface area contributed by atoms with Crippen LogP contribution in [0, 0.1) is 0 Å². The van der Waals surface area contributed by atoms with Crippen LogP contribution in [0.1, 0.15) is 18.4 Å². The van der Waals surface area contributed by atoms with E-state index in [-0.39, 0.29) is 5.91 Å². The lowest BCUT2D eigenvalue weighted by Gasteiger charge is -2.33. The number of amides is 1. The Morgan fingerprint density at radius 2 is 1.87 bits per heavy atom. The normalized spacial score (nSPS) is 15.0. The lowest BCUT2D eigenvalue weighted by atomic mass is 10.1. The van der Waals surface area contributed by atoms with Crippen LogP contribution in [0.3, 0.4) is 0 Å². The van der Waals surface area contributed by atoms with E-state index in [1.54, 1.807) is 0 Å². The van der Waals surface area contributed by atoms with Gasteiger partial charge in [-0.2, -0.15) is 0 Å². The first-order chi connectivity index (χ1) is 11.2. The monoisotopic (exact) mass is 334 g/mol. The molecule has 1 fully saturated rings. The fourth-order valence-electron chi connectivity index (χ4n) is 2.55. The summed E-state index contributed by atoms with van der Waals surface area (Å²) in [6.45, 7) is 4.71. The van der Waals surface area contributed by atoms with Crippen molar-refractivity contribution in [2.75, 3.05) is 31.1 Å². The summed E-state index contributed by atoms with van der Waals surface area (Å²) in [5, 5.41) is 8.71. The third-order valence-electron chi connectivity index (χ3n) is 3.93. The van der Waals surface area contributed by atoms with E-state index in [9.17, 15) is 4.79 Å². The molecule has 122 valence electrons. The number of piperazine rings is 1. The molecule has 1 aromatic heterocycles. The van der Waals surface area contributed by atoms with Crippen molar-refractivity contribution in [3.8, 4) is 0 Å². The molecule has 7 heteroatoms. The van der Waals surface area contributed by atoms with E-state index in [0.717, 1.165) is 12.0 Å². The molecule has 1 aromatic carbocycles. The molecule has 0 bridgehead atoms. The van der Waals surface area contributed by atoms with Crippen molar-refractivity contribution in [2.45, 2.75) is 19.8 Å². The number of carbonyl (C=O) groups excluding carboxylic acids is 1. The van der Waals surface area contributed by atoms with Crippen LogP contribution in [0.25, 0.3) is 0 Å². The average molecular weight is 335 g/mol. The van der Waals surface area contributed by atoms with Crippen molar-refractivity contribution in [1.29, 1.82) is 0 Å². The summed E-state index contributed by atoms with van der Waals surface area (Å²) in [4.78, 5) is 16.3. The highest BCUT2D eigenvalue weighted by Gasteiger charge is 2.24. The van der Waals surface area contributed by atoms with Gasteiger partial charge in [0.2, 0.25) is 11.8 Å². The predicted molar refractivity (Wildman–Crippen MR) is 87.6 cm³/mol. The Morgan fingerprint density at radius 3 is 2.48 bits per heavy atom. The largest absolute Gasteiger partial charge is 0.408 e. The topological polar surface area (TPSA) is 62.5 Å². The summed E-state index contributed by atoms with van der Waals surface area (Å²) in [6, 6.07) is 7.95. The molecule has 0 atom stereocenters. The van der Waals surface area contributed by atoms with Crippen molar-refractivity contribution in [2.24, 2.45) is 0 Å². The van der Waals surface area contributed by atoms with E-state index in [1.165, 1.54) is 0 Å². The highest BCUT2D eigenvalue weighted by Crippen LogP contribution is 2.16. The highest BCUT2D eigenvalue weighted by molar-refractivity contribution is 6.30. The second-order valence-electron chi connectivity index (χ2n) is 5.50. The number of benzene rings is 1. The van der Waals surface area contributed by atoms with Crippen molar-refractivity contribution < 1.29 is 9.21 Å². The lowest BCUT2D eigenvalue weighted by molar-refractivity contribution is -0.130. The molecule has 6 nitrogen and oxygen atoms in total. The first kappa shape index (κ1) is 15.8. The van der Waals surface area contributed by atoms with Gasteiger partial charge in [0.05, 0.1) is 6.42 Å². The van der Waals surface area contributed by atoms with Gasteiger partial charge in [0.25, 0.3) is 0 Å². The first-order valence-corrected chi connectivity index (χ1v) is 8.13. The Morgan fingerprint density at radius 1 is 1.17 bits per heavy atom. The number of hydrogen-bond donors (Lipinski definition) is 0. The Hall–Kier alpha value is -2.08. The molecule has 0 radical (unpaired) electrons. The van der Waals surface area contributed by atoms with Crippen LogP contribution >= 0.6 is 11.6 Å². The Balaban J connectivity index is 1.53. The molecule has 0 aliphatic carbocycles. The third-order valence-corrected chi connectivity index (χ3v) is 4.18. The minimum atomic E-state index is 0.131. The maximum atomic E-state index is 12.4. The fraction of sp³-hybridized carbons (Fsp3) is 0.438. The molecule has 3 rings (SSSR count). The summed E-state index contributed by atoms with van der Waals surface area (Å²) >= 11 is 5.86. The van der Waals surface area contributed by atoms with Gasteiger partial charge in [-0.15, -0.1) is 5.10 Å². The number of rotatable bonds is 4. The molecule has 1 aliphatic heterocycles. The van der Waals surface area contributed by atoms with Crippen molar-refractivity contribution in [3.63, 3.8) is 0 Å². The Labute approximate surface area is 140 Å². The van der Waals surface area contributed by atoms with Crippen molar-refractivity contribution in [1.82, 2.24) is 15.1 Å². The molecular formula is C16H19ClN4O2. The molecule has 1 aliphatic rings. The zero-order valence-electron chi connectivity index (χ0n) is 13.0. The van der Waals surface area contributed by atoms with Crippen LogP contribution < -0.4 is 4.90 Å². The molecule has 1 amide bonds. The molecule has 2 aromatic rings. The number of halogens is 1. The van der Waals surface area contributed by atoms with E-state index in [4.69, 9.17) is 16.0 Å². The van der Waals surface area contributed by atoms with Gasteiger partial charge < -0.3 is 14.2 Å². The number of carbonyl (C=O) groups is 1. The standard InChI is InChI=1S/C16H19ClN4O2/c1-2-14-18-19-16(23-14)21-9-7-20(8-10-21)15(22)11-12-3-5-13(17)6-4-12/h3-6H,2,7-11H2,1H3. The number of anilines is 1.